The molecule has 0 saturated heterocycles. The van der Waals surface area contributed by atoms with Crippen LogP contribution < -0.4 is 0 Å². The summed E-state index contributed by atoms with van der Waals surface area (Å²) in [7, 11) is 1.33. The predicted octanol–water partition coefficient (Wildman–Crippen LogP) is 0.623. The van der Waals surface area contributed by atoms with E-state index in [0.29, 0.717) is 11.7 Å². The number of esters is 1. The number of carbonyl (C=O) groups excluding carboxylic acids is 1. The van der Waals surface area contributed by atoms with Crippen LogP contribution in [0.1, 0.15) is 6.42 Å². The summed E-state index contributed by atoms with van der Waals surface area (Å²) in [5, 5.41) is 9.12. The van der Waals surface area contributed by atoms with Gasteiger partial charge in [0.05, 0.1) is 19.3 Å². The number of carboxylic acids is 1. The molecule has 16 heavy (non-hydrogen) atoms. The highest BCUT2D eigenvalue weighted by Crippen LogP contribution is 2.15. The van der Waals surface area contributed by atoms with Crippen molar-refractivity contribution >= 4 is 23.7 Å². The molecule has 1 heterocycles. The van der Waals surface area contributed by atoms with Gasteiger partial charge in [-0.05, 0) is 0 Å². The number of rotatable bonds is 6. The van der Waals surface area contributed by atoms with Crippen LogP contribution in [0.3, 0.4) is 0 Å². The van der Waals surface area contributed by atoms with Crippen molar-refractivity contribution in [3.8, 4) is 0 Å². The van der Waals surface area contributed by atoms with E-state index in [1.54, 1.807) is 17.0 Å². The molecule has 0 amide bonds. The summed E-state index contributed by atoms with van der Waals surface area (Å²) in [6.45, 7) is 0.439. The van der Waals surface area contributed by atoms with Gasteiger partial charge in [-0.1, -0.05) is 11.8 Å². The third-order valence-electron chi connectivity index (χ3n) is 1.79. The standard InChI is InChI=1S/C9H12N2O4S/c1-15-8(14)2-4-11-5-3-10-9(11)16-6-7(12)13/h3,5H,2,4,6H2,1H3,(H,12,13). The molecule has 0 aliphatic heterocycles. The number of methoxy groups -OCH3 is 1. The minimum atomic E-state index is -0.896. The van der Waals surface area contributed by atoms with Crippen LogP contribution in [0.2, 0.25) is 0 Å². The average Bonchev–Trinajstić information content (AvgIpc) is 2.70. The van der Waals surface area contributed by atoms with Crippen molar-refractivity contribution in [2.75, 3.05) is 12.9 Å². The van der Waals surface area contributed by atoms with E-state index in [1.165, 1.54) is 7.11 Å². The van der Waals surface area contributed by atoms with Gasteiger partial charge in [0.15, 0.2) is 5.16 Å². The Hall–Kier alpha value is -1.50. The van der Waals surface area contributed by atoms with Gasteiger partial charge in [-0.15, -0.1) is 0 Å². The van der Waals surface area contributed by atoms with Crippen molar-refractivity contribution in [1.82, 2.24) is 9.55 Å². The van der Waals surface area contributed by atoms with Crippen LogP contribution in [0.15, 0.2) is 17.6 Å². The highest BCUT2D eigenvalue weighted by atomic mass is 32.2. The zero-order valence-electron chi connectivity index (χ0n) is 8.75. The molecule has 0 atom stereocenters. The molecule has 1 aromatic rings. The van der Waals surface area contributed by atoms with Crippen LogP contribution in [0.25, 0.3) is 0 Å². The molecule has 0 bridgehead atoms. The Morgan fingerprint density at radius 2 is 2.38 bits per heavy atom. The lowest BCUT2D eigenvalue weighted by molar-refractivity contribution is -0.141. The van der Waals surface area contributed by atoms with Crippen LogP contribution in [0.5, 0.6) is 0 Å². The number of ether oxygens (including phenoxy) is 1. The van der Waals surface area contributed by atoms with Crippen molar-refractivity contribution < 1.29 is 19.4 Å². The fourth-order valence-corrected chi connectivity index (χ4v) is 1.75. The molecule has 6 nitrogen and oxygen atoms in total. The SMILES string of the molecule is COC(=O)CCn1ccnc1SCC(=O)O. The highest BCUT2D eigenvalue weighted by molar-refractivity contribution is 7.99. The maximum absolute atomic E-state index is 10.9. The molecule has 88 valence electrons. The first kappa shape index (κ1) is 12.6. The molecular weight excluding hydrogens is 232 g/mol. The number of aromatic nitrogens is 2. The minimum absolute atomic E-state index is 0.0464. The van der Waals surface area contributed by atoms with Gasteiger partial charge in [0, 0.05) is 18.9 Å². The summed E-state index contributed by atoms with van der Waals surface area (Å²) in [6, 6.07) is 0. The Labute approximate surface area is 96.6 Å². The molecule has 0 fully saturated rings. The number of aryl methyl sites for hydroxylation is 1. The van der Waals surface area contributed by atoms with E-state index in [4.69, 9.17) is 5.11 Å². The van der Waals surface area contributed by atoms with Crippen LogP contribution in [0, 0.1) is 0 Å². The van der Waals surface area contributed by atoms with Crippen LogP contribution in [-0.4, -0.2) is 39.5 Å². The zero-order valence-corrected chi connectivity index (χ0v) is 9.57. The Kier molecular flexibility index (Phi) is 4.84. The van der Waals surface area contributed by atoms with E-state index in [-0.39, 0.29) is 18.1 Å². The number of carbonyl (C=O) groups is 2. The fraction of sp³-hybridized carbons (Fsp3) is 0.444. The predicted molar refractivity (Wildman–Crippen MR) is 57.2 cm³/mol. The van der Waals surface area contributed by atoms with E-state index in [9.17, 15) is 9.59 Å². The lowest BCUT2D eigenvalue weighted by Crippen LogP contribution is -2.08. The lowest BCUT2D eigenvalue weighted by Gasteiger charge is -2.05. The van der Waals surface area contributed by atoms with Gasteiger partial charge in [0.2, 0.25) is 0 Å². The third kappa shape index (κ3) is 3.93. The van der Waals surface area contributed by atoms with Crippen molar-refractivity contribution in [2.24, 2.45) is 0 Å². The first-order valence-electron chi connectivity index (χ1n) is 4.56. The second-order valence-electron chi connectivity index (χ2n) is 2.91. The van der Waals surface area contributed by atoms with Crippen LogP contribution >= 0.6 is 11.8 Å². The molecule has 0 unspecified atom stereocenters. The van der Waals surface area contributed by atoms with Crippen molar-refractivity contribution in [3.05, 3.63) is 12.4 Å². The summed E-state index contributed by atoms with van der Waals surface area (Å²) in [5.41, 5.74) is 0. The Morgan fingerprint density at radius 1 is 1.62 bits per heavy atom. The number of imidazole rings is 1. The van der Waals surface area contributed by atoms with Gasteiger partial charge in [-0.25, -0.2) is 4.98 Å². The molecule has 0 saturated carbocycles. The van der Waals surface area contributed by atoms with Gasteiger partial charge >= 0.3 is 11.9 Å². The van der Waals surface area contributed by atoms with E-state index in [1.807, 2.05) is 0 Å². The van der Waals surface area contributed by atoms with Gasteiger partial charge in [0.1, 0.15) is 0 Å². The van der Waals surface area contributed by atoms with E-state index >= 15 is 0 Å². The van der Waals surface area contributed by atoms with Crippen LogP contribution in [0.4, 0.5) is 0 Å². The average molecular weight is 244 g/mol. The quantitative estimate of drug-likeness (QED) is 0.583. The molecule has 1 N–H and O–H groups in total. The van der Waals surface area contributed by atoms with Crippen LogP contribution in [-0.2, 0) is 20.9 Å². The molecule has 1 rings (SSSR count). The first-order valence-corrected chi connectivity index (χ1v) is 5.54. The maximum Gasteiger partial charge on any atom is 0.313 e. The number of hydrogen-bond acceptors (Lipinski definition) is 5. The normalized spacial score (nSPS) is 10.1. The van der Waals surface area contributed by atoms with Crippen molar-refractivity contribution in [1.29, 1.82) is 0 Å². The van der Waals surface area contributed by atoms with Gasteiger partial charge < -0.3 is 14.4 Å². The second-order valence-corrected chi connectivity index (χ2v) is 3.85. The van der Waals surface area contributed by atoms with E-state index < -0.39 is 5.97 Å². The summed E-state index contributed by atoms with van der Waals surface area (Å²) < 4.78 is 6.24. The topological polar surface area (TPSA) is 81.4 Å². The molecular formula is C9H12N2O4S. The monoisotopic (exact) mass is 244 g/mol. The Morgan fingerprint density at radius 3 is 3.00 bits per heavy atom. The van der Waals surface area contributed by atoms with Gasteiger partial charge in [-0.2, -0.15) is 0 Å². The highest BCUT2D eigenvalue weighted by Gasteiger charge is 2.08. The Bertz CT molecular complexity index is 377. The first-order chi connectivity index (χ1) is 7.63. The van der Waals surface area contributed by atoms with Gasteiger partial charge in [-0.3, -0.25) is 9.59 Å². The van der Waals surface area contributed by atoms with Crippen molar-refractivity contribution in [2.45, 2.75) is 18.1 Å². The van der Waals surface area contributed by atoms with Gasteiger partial charge in [0.25, 0.3) is 0 Å². The maximum atomic E-state index is 10.9. The molecule has 0 radical (unpaired) electrons. The fourth-order valence-electron chi connectivity index (χ4n) is 1.05. The number of aliphatic carboxylic acids is 1. The summed E-state index contributed by atoms with van der Waals surface area (Å²) >= 11 is 1.12. The molecule has 0 aliphatic carbocycles. The summed E-state index contributed by atoms with van der Waals surface area (Å²) in [5.74, 6) is -1.25. The number of carboxylic acid groups (broad SMARTS) is 1. The summed E-state index contributed by atoms with van der Waals surface area (Å²) in [4.78, 5) is 25.3. The summed E-state index contributed by atoms with van der Waals surface area (Å²) in [6.07, 6.45) is 3.52. The largest absolute Gasteiger partial charge is 0.481 e. The molecule has 0 aliphatic rings. The minimum Gasteiger partial charge on any atom is -0.481 e. The number of nitrogens with zero attached hydrogens (tertiary/aromatic N) is 2. The third-order valence-corrected chi connectivity index (χ3v) is 2.78. The van der Waals surface area contributed by atoms with E-state index in [2.05, 4.69) is 9.72 Å². The number of thioether (sulfide) groups is 1. The molecule has 0 spiro atoms. The number of hydrogen-bond donors (Lipinski definition) is 1. The second kappa shape index (κ2) is 6.16. The zero-order chi connectivity index (χ0) is 12.0. The smallest absolute Gasteiger partial charge is 0.313 e. The molecule has 7 heteroatoms. The molecule has 0 aromatic carbocycles. The lowest BCUT2D eigenvalue weighted by atomic mass is 10.4. The van der Waals surface area contributed by atoms with E-state index in [0.717, 1.165) is 11.8 Å². The Balaban J connectivity index is 2.50. The van der Waals surface area contributed by atoms with Crippen molar-refractivity contribution in [3.63, 3.8) is 0 Å². The molecule has 1 aromatic heterocycles.